The Kier molecular flexibility index (Phi) is 4.78. The van der Waals surface area contributed by atoms with Crippen molar-refractivity contribution in [2.75, 3.05) is 5.32 Å². The highest BCUT2D eigenvalue weighted by Gasteiger charge is 2.23. The van der Waals surface area contributed by atoms with Crippen LogP contribution in [0, 0.1) is 6.92 Å². The Balaban J connectivity index is 1.84. The van der Waals surface area contributed by atoms with Crippen LogP contribution in [0.25, 0.3) is 0 Å². The smallest absolute Gasteiger partial charge is 0.291 e. The van der Waals surface area contributed by atoms with Gasteiger partial charge in [0.05, 0.1) is 4.90 Å². The maximum absolute atomic E-state index is 12.5. The van der Waals surface area contributed by atoms with Crippen molar-refractivity contribution in [3.63, 3.8) is 0 Å². The zero-order chi connectivity index (χ0) is 18.0. The molecule has 25 heavy (non-hydrogen) atoms. The van der Waals surface area contributed by atoms with Crippen LogP contribution in [0.2, 0.25) is 0 Å². The minimum absolute atomic E-state index is 0.0720. The SMILES string of the molecule is Cc1cccc(NC(=O)c2ccc(S(=O)(=O)c3ccc(Br)cc3)o2)c1. The fourth-order valence-electron chi connectivity index (χ4n) is 2.23. The van der Waals surface area contributed by atoms with E-state index in [4.69, 9.17) is 4.42 Å². The zero-order valence-corrected chi connectivity index (χ0v) is 15.6. The number of nitrogens with one attached hydrogen (secondary N) is 1. The van der Waals surface area contributed by atoms with Crippen LogP contribution in [-0.2, 0) is 9.84 Å². The third-order valence-corrected chi connectivity index (χ3v) is 5.64. The van der Waals surface area contributed by atoms with Gasteiger partial charge in [0.2, 0.25) is 14.9 Å². The van der Waals surface area contributed by atoms with Crippen LogP contribution in [0.1, 0.15) is 16.1 Å². The molecule has 0 aliphatic rings. The number of amides is 1. The number of carbonyl (C=O) groups is 1. The Morgan fingerprint density at radius 3 is 2.44 bits per heavy atom. The lowest BCUT2D eigenvalue weighted by molar-refractivity contribution is 0.0991. The van der Waals surface area contributed by atoms with Crippen molar-refractivity contribution < 1.29 is 17.6 Å². The molecule has 3 aromatic rings. The predicted octanol–water partition coefficient (Wildman–Crippen LogP) is 4.44. The van der Waals surface area contributed by atoms with E-state index >= 15 is 0 Å². The van der Waals surface area contributed by atoms with Crippen LogP contribution in [0.5, 0.6) is 0 Å². The van der Waals surface area contributed by atoms with E-state index in [0.717, 1.165) is 10.0 Å². The first-order valence-corrected chi connectivity index (χ1v) is 9.62. The highest BCUT2D eigenvalue weighted by molar-refractivity contribution is 9.10. The standard InChI is InChI=1S/C18H14BrNO4S/c1-12-3-2-4-14(11-12)20-18(21)16-9-10-17(24-16)25(22,23)15-7-5-13(19)6-8-15/h2-11H,1H3,(H,20,21). The molecule has 1 N–H and O–H groups in total. The summed E-state index contributed by atoms with van der Waals surface area (Å²) in [5.41, 5.74) is 1.61. The quantitative estimate of drug-likeness (QED) is 0.677. The molecule has 0 atom stereocenters. The lowest BCUT2D eigenvalue weighted by Gasteiger charge is -2.04. The minimum atomic E-state index is -3.82. The van der Waals surface area contributed by atoms with Crippen LogP contribution in [0.3, 0.4) is 0 Å². The van der Waals surface area contributed by atoms with Gasteiger partial charge >= 0.3 is 0 Å². The summed E-state index contributed by atoms with van der Waals surface area (Å²) in [6.45, 7) is 1.91. The van der Waals surface area contributed by atoms with Crippen LogP contribution >= 0.6 is 15.9 Å². The van der Waals surface area contributed by atoms with Crippen molar-refractivity contribution in [2.45, 2.75) is 16.9 Å². The maximum atomic E-state index is 12.5. The highest BCUT2D eigenvalue weighted by atomic mass is 79.9. The van der Waals surface area contributed by atoms with Gasteiger partial charge in [-0.3, -0.25) is 4.79 Å². The van der Waals surface area contributed by atoms with Gasteiger partial charge in [0.25, 0.3) is 5.91 Å². The third kappa shape index (κ3) is 3.83. The van der Waals surface area contributed by atoms with E-state index in [2.05, 4.69) is 21.2 Å². The lowest BCUT2D eigenvalue weighted by Crippen LogP contribution is -2.11. The van der Waals surface area contributed by atoms with Gasteiger partial charge in [-0.2, -0.15) is 0 Å². The van der Waals surface area contributed by atoms with E-state index in [0.29, 0.717) is 5.69 Å². The van der Waals surface area contributed by atoms with E-state index < -0.39 is 15.7 Å². The number of carbonyl (C=O) groups excluding carboxylic acids is 1. The summed E-state index contributed by atoms with van der Waals surface area (Å²) in [5.74, 6) is -0.583. The number of furan rings is 1. The van der Waals surface area contributed by atoms with Crippen molar-refractivity contribution in [3.8, 4) is 0 Å². The average Bonchev–Trinajstić information content (AvgIpc) is 3.06. The normalized spacial score (nSPS) is 11.3. The second kappa shape index (κ2) is 6.85. The molecule has 0 radical (unpaired) electrons. The van der Waals surface area contributed by atoms with Gasteiger partial charge in [0.1, 0.15) is 0 Å². The Morgan fingerprint density at radius 2 is 1.76 bits per heavy atom. The topological polar surface area (TPSA) is 76.4 Å². The second-order valence-electron chi connectivity index (χ2n) is 5.40. The van der Waals surface area contributed by atoms with Crippen LogP contribution in [0.15, 0.2) is 79.5 Å². The van der Waals surface area contributed by atoms with E-state index in [1.54, 1.807) is 24.3 Å². The van der Waals surface area contributed by atoms with E-state index in [1.165, 1.54) is 24.3 Å². The number of aryl methyl sites for hydroxylation is 1. The predicted molar refractivity (Wildman–Crippen MR) is 97.4 cm³/mol. The summed E-state index contributed by atoms with van der Waals surface area (Å²) in [5, 5.41) is 2.40. The van der Waals surface area contributed by atoms with E-state index in [1.807, 2.05) is 19.1 Å². The molecule has 0 bridgehead atoms. The highest BCUT2D eigenvalue weighted by Crippen LogP contribution is 2.24. The number of hydrogen-bond acceptors (Lipinski definition) is 4. The lowest BCUT2D eigenvalue weighted by atomic mass is 10.2. The van der Waals surface area contributed by atoms with Crippen LogP contribution < -0.4 is 5.32 Å². The van der Waals surface area contributed by atoms with Gasteiger partial charge in [-0.05, 0) is 61.0 Å². The summed E-state index contributed by atoms with van der Waals surface area (Å²) in [7, 11) is -3.82. The zero-order valence-electron chi connectivity index (χ0n) is 13.2. The van der Waals surface area contributed by atoms with E-state index in [9.17, 15) is 13.2 Å². The van der Waals surface area contributed by atoms with Gasteiger partial charge in [-0.15, -0.1) is 0 Å². The summed E-state index contributed by atoms with van der Waals surface area (Å²) >= 11 is 3.26. The molecule has 0 spiro atoms. The molecule has 1 heterocycles. The minimum Gasteiger partial charge on any atom is -0.439 e. The molecule has 3 rings (SSSR count). The third-order valence-electron chi connectivity index (χ3n) is 3.47. The molecule has 128 valence electrons. The average molecular weight is 420 g/mol. The first-order chi connectivity index (χ1) is 11.9. The molecule has 0 saturated heterocycles. The molecule has 2 aromatic carbocycles. The fourth-order valence-corrected chi connectivity index (χ4v) is 3.67. The number of sulfone groups is 1. The Labute approximate surface area is 153 Å². The van der Waals surface area contributed by atoms with Crippen molar-refractivity contribution in [1.82, 2.24) is 0 Å². The molecule has 0 saturated carbocycles. The summed E-state index contributed by atoms with van der Waals surface area (Å²) in [6.07, 6.45) is 0. The molecule has 1 aromatic heterocycles. The number of benzene rings is 2. The molecular weight excluding hydrogens is 406 g/mol. The van der Waals surface area contributed by atoms with Crippen LogP contribution in [0.4, 0.5) is 5.69 Å². The molecule has 0 unspecified atom stereocenters. The maximum Gasteiger partial charge on any atom is 0.291 e. The van der Waals surface area contributed by atoms with Crippen molar-refractivity contribution in [3.05, 3.63) is 76.5 Å². The molecule has 5 nitrogen and oxygen atoms in total. The number of rotatable bonds is 4. The van der Waals surface area contributed by atoms with Crippen LogP contribution in [-0.4, -0.2) is 14.3 Å². The van der Waals surface area contributed by atoms with Crippen molar-refractivity contribution in [2.24, 2.45) is 0 Å². The molecule has 0 fully saturated rings. The van der Waals surface area contributed by atoms with Gasteiger partial charge in [-0.25, -0.2) is 8.42 Å². The Morgan fingerprint density at radius 1 is 1.04 bits per heavy atom. The molecule has 7 heteroatoms. The molecule has 0 aliphatic heterocycles. The second-order valence-corrected chi connectivity index (χ2v) is 8.20. The number of halogens is 1. The van der Waals surface area contributed by atoms with Gasteiger partial charge < -0.3 is 9.73 Å². The number of hydrogen-bond donors (Lipinski definition) is 1. The summed E-state index contributed by atoms with van der Waals surface area (Å²) in [4.78, 5) is 12.3. The molecule has 1 amide bonds. The summed E-state index contributed by atoms with van der Waals surface area (Å²) < 4.78 is 31.1. The molecular formula is C18H14BrNO4S. The van der Waals surface area contributed by atoms with Crippen molar-refractivity contribution >= 4 is 37.4 Å². The first-order valence-electron chi connectivity index (χ1n) is 7.35. The summed E-state index contributed by atoms with van der Waals surface area (Å²) in [6, 6.07) is 16.1. The Bertz CT molecular complexity index is 1020. The van der Waals surface area contributed by atoms with Gasteiger partial charge in [0.15, 0.2) is 5.76 Å². The largest absolute Gasteiger partial charge is 0.439 e. The fraction of sp³-hybridized carbons (Fsp3) is 0.0556. The first kappa shape index (κ1) is 17.4. The monoisotopic (exact) mass is 419 g/mol. The van der Waals surface area contributed by atoms with Gasteiger partial charge in [-0.1, -0.05) is 28.1 Å². The number of anilines is 1. The van der Waals surface area contributed by atoms with Gasteiger partial charge in [0, 0.05) is 10.2 Å². The van der Waals surface area contributed by atoms with E-state index in [-0.39, 0.29) is 15.7 Å². The Hall–Kier alpha value is -2.38. The van der Waals surface area contributed by atoms with Crippen molar-refractivity contribution in [1.29, 1.82) is 0 Å². The molecule has 0 aliphatic carbocycles.